The van der Waals surface area contributed by atoms with Crippen LogP contribution in [-0.4, -0.2) is 25.1 Å². The highest BCUT2D eigenvalue weighted by atomic mass is 15.1. The van der Waals surface area contributed by atoms with Gasteiger partial charge in [-0.2, -0.15) is 0 Å². The fourth-order valence-electron chi connectivity index (χ4n) is 2.59. The molecule has 112 valence electrons. The zero-order valence-electron chi connectivity index (χ0n) is 13.1. The molecule has 21 heavy (non-hydrogen) atoms. The van der Waals surface area contributed by atoms with Crippen LogP contribution in [0.2, 0.25) is 0 Å². The van der Waals surface area contributed by atoms with Crippen molar-refractivity contribution in [2.24, 2.45) is 0 Å². The van der Waals surface area contributed by atoms with Gasteiger partial charge in [0.1, 0.15) is 6.33 Å². The average Bonchev–Trinajstić information content (AvgIpc) is 2.89. The SMILES string of the molecule is CC(C)(C)NCc1cnc(-n2cnc3c2CCCC3)cn1. The zero-order valence-corrected chi connectivity index (χ0v) is 13.1. The van der Waals surface area contributed by atoms with Gasteiger partial charge in [0.25, 0.3) is 0 Å². The van der Waals surface area contributed by atoms with Crippen LogP contribution in [0, 0.1) is 0 Å². The first kappa shape index (κ1) is 14.2. The van der Waals surface area contributed by atoms with E-state index in [1.807, 2.05) is 18.7 Å². The Morgan fingerprint density at radius 2 is 1.90 bits per heavy atom. The second-order valence-corrected chi connectivity index (χ2v) is 6.68. The summed E-state index contributed by atoms with van der Waals surface area (Å²) in [7, 11) is 0. The van der Waals surface area contributed by atoms with Crippen molar-refractivity contribution in [3.63, 3.8) is 0 Å². The van der Waals surface area contributed by atoms with E-state index in [1.54, 1.807) is 0 Å². The maximum Gasteiger partial charge on any atom is 0.156 e. The Morgan fingerprint density at radius 3 is 2.62 bits per heavy atom. The minimum Gasteiger partial charge on any atom is -0.306 e. The largest absolute Gasteiger partial charge is 0.306 e. The van der Waals surface area contributed by atoms with Crippen LogP contribution in [-0.2, 0) is 19.4 Å². The summed E-state index contributed by atoms with van der Waals surface area (Å²) in [5.41, 5.74) is 3.57. The summed E-state index contributed by atoms with van der Waals surface area (Å²) in [5.74, 6) is 0.866. The molecular formula is C16H23N5. The smallest absolute Gasteiger partial charge is 0.156 e. The standard InChI is InChI=1S/C16H23N5/c1-16(2,3)20-9-12-8-18-15(10-17-12)21-11-19-13-6-4-5-7-14(13)21/h8,10-11,20H,4-7,9H2,1-3H3. The number of hydrogen-bond acceptors (Lipinski definition) is 4. The summed E-state index contributed by atoms with van der Waals surface area (Å²) >= 11 is 0. The Labute approximate surface area is 125 Å². The molecule has 0 aromatic carbocycles. The van der Waals surface area contributed by atoms with Crippen molar-refractivity contribution < 1.29 is 0 Å². The predicted molar refractivity (Wildman–Crippen MR) is 82.4 cm³/mol. The van der Waals surface area contributed by atoms with Gasteiger partial charge in [-0.25, -0.2) is 9.97 Å². The van der Waals surface area contributed by atoms with E-state index >= 15 is 0 Å². The molecule has 0 spiro atoms. The Bertz CT molecular complexity index is 607. The molecule has 0 saturated heterocycles. The Kier molecular flexibility index (Phi) is 3.76. The van der Waals surface area contributed by atoms with Gasteiger partial charge in [-0.1, -0.05) is 0 Å². The molecule has 1 aliphatic rings. The van der Waals surface area contributed by atoms with Crippen molar-refractivity contribution in [3.05, 3.63) is 35.8 Å². The fraction of sp³-hybridized carbons (Fsp3) is 0.562. The van der Waals surface area contributed by atoms with Gasteiger partial charge >= 0.3 is 0 Å². The van der Waals surface area contributed by atoms with Crippen LogP contribution in [0.5, 0.6) is 0 Å². The number of imidazole rings is 1. The third-order valence-electron chi connectivity index (χ3n) is 3.77. The topological polar surface area (TPSA) is 55.6 Å². The van der Waals surface area contributed by atoms with Crippen LogP contribution in [0.1, 0.15) is 50.7 Å². The lowest BCUT2D eigenvalue weighted by Gasteiger charge is -2.20. The summed E-state index contributed by atoms with van der Waals surface area (Å²) in [6.07, 6.45) is 10.2. The lowest BCUT2D eigenvalue weighted by atomic mass is 10.0. The molecule has 0 bridgehead atoms. The Balaban J connectivity index is 1.77. The predicted octanol–water partition coefficient (Wildman–Crippen LogP) is 2.43. The normalized spacial score (nSPS) is 15.0. The summed E-state index contributed by atoms with van der Waals surface area (Å²) < 4.78 is 2.09. The molecule has 0 fully saturated rings. The van der Waals surface area contributed by atoms with Gasteiger partial charge < -0.3 is 5.32 Å². The number of fused-ring (bicyclic) bond motifs is 1. The minimum absolute atomic E-state index is 0.0871. The van der Waals surface area contributed by atoms with E-state index < -0.39 is 0 Å². The first-order chi connectivity index (χ1) is 10.0. The van der Waals surface area contributed by atoms with Crippen molar-refractivity contribution in [1.29, 1.82) is 0 Å². The number of aromatic nitrogens is 4. The molecule has 1 aliphatic carbocycles. The average molecular weight is 285 g/mol. The fourth-order valence-corrected chi connectivity index (χ4v) is 2.59. The van der Waals surface area contributed by atoms with Crippen molar-refractivity contribution in [2.75, 3.05) is 0 Å². The third-order valence-corrected chi connectivity index (χ3v) is 3.77. The molecule has 1 N–H and O–H groups in total. The van der Waals surface area contributed by atoms with E-state index in [2.05, 4.69) is 45.6 Å². The monoisotopic (exact) mass is 285 g/mol. The molecule has 2 aromatic rings. The van der Waals surface area contributed by atoms with Crippen molar-refractivity contribution in [2.45, 2.75) is 58.5 Å². The van der Waals surface area contributed by atoms with Crippen LogP contribution in [0.15, 0.2) is 18.7 Å². The van der Waals surface area contributed by atoms with Crippen LogP contribution in [0.25, 0.3) is 5.82 Å². The van der Waals surface area contributed by atoms with Crippen LogP contribution < -0.4 is 5.32 Å². The Hall–Kier alpha value is -1.75. The maximum absolute atomic E-state index is 4.55. The summed E-state index contributed by atoms with van der Waals surface area (Å²) in [4.78, 5) is 13.6. The molecular weight excluding hydrogens is 262 g/mol. The maximum atomic E-state index is 4.55. The first-order valence-electron chi connectivity index (χ1n) is 7.64. The molecule has 3 rings (SSSR count). The Morgan fingerprint density at radius 1 is 1.10 bits per heavy atom. The van der Waals surface area contributed by atoms with Gasteiger partial charge in [0.05, 0.1) is 23.8 Å². The summed E-state index contributed by atoms with van der Waals surface area (Å²) in [6.45, 7) is 7.17. The van der Waals surface area contributed by atoms with Crippen LogP contribution >= 0.6 is 0 Å². The van der Waals surface area contributed by atoms with Gasteiger partial charge in [-0.15, -0.1) is 0 Å². The quantitative estimate of drug-likeness (QED) is 0.941. The van der Waals surface area contributed by atoms with E-state index in [9.17, 15) is 0 Å². The van der Waals surface area contributed by atoms with Crippen molar-refractivity contribution >= 4 is 0 Å². The summed E-state index contributed by atoms with van der Waals surface area (Å²) in [5, 5.41) is 3.42. The highest BCUT2D eigenvalue weighted by molar-refractivity contribution is 5.28. The minimum atomic E-state index is 0.0871. The summed E-state index contributed by atoms with van der Waals surface area (Å²) in [6, 6.07) is 0. The van der Waals surface area contributed by atoms with Crippen molar-refractivity contribution in [1.82, 2.24) is 24.8 Å². The third kappa shape index (κ3) is 3.29. The molecule has 2 heterocycles. The zero-order chi connectivity index (χ0) is 14.9. The second-order valence-electron chi connectivity index (χ2n) is 6.68. The molecule has 0 unspecified atom stereocenters. The molecule has 5 nitrogen and oxygen atoms in total. The van der Waals surface area contributed by atoms with Crippen molar-refractivity contribution in [3.8, 4) is 5.82 Å². The molecule has 0 saturated carbocycles. The number of nitrogens with zero attached hydrogens (tertiary/aromatic N) is 4. The van der Waals surface area contributed by atoms with E-state index in [-0.39, 0.29) is 5.54 Å². The van der Waals surface area contributed by atoms with E-state index in [4.69, 9.17) is 0 Å². The van der Waals surface area contributed by atoms with E-state index in [0.29, 0.717) is 0 Å². The van der Waals surface area contributed by atoms with Gasteiger partial charge in [0.15, 0.2) is 5.82 Å². The van der Waals surface area contributed by atoms with Gasteiger partial charge in [0.2, 0.25) is 0 Å². The van der Waals surface area contributed by atoms with E-state index in [0.717, 1.165) is 30.9 Å². The number of aryl methyl sites for hydroxylation is 1. The van der Waals surface area contributed by atoms with Gasteiger partial charge in [-0.3, -0.25) is 9.55 Å². The van der Waals surface area contributed by atoms with Crippen LogP contribution in [0.4, 0.5) is 0 Å². The van der Waals surface area contributed by atoms with E-state index in [1.165, 1.54) is 24.2 Å². The molecule has 5 heteroatoms. The highest BCUT2D eigenvalue weighted by Gasteiger charge is 2.16. The number of rotatable bonds is 3. The first-order valence-corrected chi connectivity index (χ1v) is 7.64. The molecule has 0 amide bonds. The molecule has 0 atom stereocenters. The highest BCUT2D eigenvalue weighted by Crippen LogP contribution is 2.21. The molecule has 0 aliphatic heterocycles. The second kappa shape index (κ2) is 5.56. The van der Waals surface area contributed by atoms with Crippen LogP contribution in [0.3, 0.4) is 0 Å². The van der Waals surface area contributed by atoms with Gasteiger partial charge in [-0.05, 0) is 46.5 Å². The molecule has 0 radical (unpaired) electrons. The van der Waals surface area contributed by atoms with Gasteiger partial charge in [0, 0.05) is 17.8 Å². The molecule has 2 aromatic heterocycles. The lowest BCUT2D eigenvalue weighted by molar-refractivity contribution is 0.421. The lowest BCUT2D eigenvalue weighted by Crippen LogP contribution is -2.35. The number of nitrogens with one attached hydrogen (secondary N) is 1. The number of hydrogen-bond donors (Lipinski definition) is 1.